The van der Waals surface area contributed by atoms with Gasteiger partial charge in [0.15, 0.2) is 22.3 Å². The van der Waals surface area contributed by atoms with Gasteiger partial charge in [0.25, 0.3) is 17.7 Å². The summed E-state index contributed by atoms with van der Waals surface area (Å²) >= 11 is 9.49. The summed E-state index contributed by atoms with van der Waals surface area (Å²) in [5.41, 5.74) is 5.54. The maximum atomic E-state index is 13.3. The molecule has 0 radical (unpaired) electrons. The summed E-state index contributed by atoms with van der Waals surface area (Å²) in [7, 11) is 0. The number of nitrogens with one attached hydrogen (secondary N) is 2. The van der Waals surface area contributed by atoms with E-state index in [-0.39, 0.29) is 45.2 Å². The number of benzene rings is 1. The number of rotatable bonds is 14. The Hall–Kier alpha value is -4.94. The lowest BCUT2D eigenvalue weighted by Gasteiger charge is -2.49. The summed E-state index contributed by atoms with van der Waals surface area (Å²) in [6, 6.07) is 1.28. The van der Waals surface area contributed by atoms with Crippen LogP contribution in [0.1, 0.15) is 29.9 Å². The Morgan fingerprint density at radius 3 is 2.37 bits per heavy atom. The minimum absolute atomic E-state index is 0.00347. The van der Waals surface area contributed by atoms with Crippen LogP contribution in [0.3, 0.4) is 0 Å². The molecule has 18 nitrogen and oxygen atoms in total. The van der Waals surface area contributed by atoms with Gasteiger partial charge in [-0.2, -0.15) is 24.9 Å². The molecule has 2 aliphatic rings. The number of hydrogen-bond acceptors (Lipinski definition) is 15. The van der Waals surface area contributed by atoms with Gasteiger partial charge in [0.2, 0.25) is 6.10 Å². The van der Waals surface area contributed by atoms with Gasteiger partial charge >= 0.3 is 24.1 Å². The molecule has 294 valence electrons. The van der Waals surface area contributed by atoms with E-state index >= 15 is 0 Å². The number of aromatic hydroxyl groups is 2. The van der Waals surface area contributed by atoms with Gasteiger partial charge in [-0.15, -0.1) is 23.1 Å². The second-order valence-electron chi connectivity index (χ2n) is 11.1. The number of anilines is 1. The number of carboxylic acids is 3. The molecule has 0 bridgehead atoms. The number of thioether (sulfide) groups is 2. The summed E-state index contributed by atoms with van der Waals surface area (Å²) in [6.45, 7) is 3.36. The smallest absolute Gasteiger partial charge is 0.490 e. The first kappa shape index (κ1) is 43.5. The van der Waals surface area contributed by atoms with Crippen LogP contribution in [0.15, 0.2) is 33.9 Å². The van der Waals surface area contributed by atoms with Crippen LogP contribution in [-0.4, -0.2) is 124 Å². The van der Waals surface area contributed by atoms with Crippen molar-refractivity contribution in [3.05, 3.63) is 45.1 Å². The van der Waals surface area contributed by atoms with E-state index in [1.165, 1.54) is 35.0 Å². The van der Waals surface area contributed by atoms with Crippen LogP contribution in [0.25, 0.3) is 0 Å². The van der Waals surface area contributed by atoms with Crippen molar-refractivity contribution in [1.82, 2.24) is 20.5 Å². The van der Waals surface area contributed by atoms with Crippen molar-refractivity contribution >= 4 is 92.9 Å². The number of carbonyl (C=O) groups excluding carboxylic acids is 3. The van der Waals surface area contributed by atoms with E-state index in [0.29, 0.717) is 11.3 Å². The number of oxime groups is 1. The quantitative estimate of drug-likeness (QED) is 0.0444. The number of carbonyl (C=O) groups is 6. The van der Waals surface area contributed by atoms with Crippen LogP contribution in [0.5, 0.6) is 11.5 Å². The fourth-order valence-corrected chi connectivity index (χ4v) is 7.57. The number of nitrogens with zero attached hydrogens (tertiary/aromatic N) is 3. The molecule has 9 N–H and O–H groups in total. The number of hydrogen-bond donors (Lipinski definition) is 8. The summed E-state index contributed by atoms with van der Waals surface area (Å²) in [5.74, 6) is -8.23. The van der Waals surface area contributed by atoms with Gasteiger partial charge in [0.05, 0.1) is 10.6 Å². The normalized spacial score (nSPS) is 17.4. The predicted octanol–water partition coefficient (Wildman–Crippen LogP) is 2.15. The zero-order chi connectivity index (χ0) is 40.7. The molecule has 0 spiro atoms. The molecule has 3 amide bonds. The number of nitrogen functional groups attached to an aromatic ring is 1. The third kappa shape index (κ3) is 10.6. The SMILES string of the molecule is CC(C)[C@@H](O/N=C(\C(=O)N[C@@H]1C(=O)N2C(C(=O)O)=C(CSCCNC(=O)c3ccc(O)c(O)c3Cl)CS[C@H]12)c1csc(N)n1)C(=O)O.O=C(O)C(F)(F)F. The van der Waals surface area contributed by atoms with Crippen LogP contribution < -0.4 is 16.4 Å². The Kier molecular flexibility index (Phi) is 14.8. The van der Waals surface area contributed by atoms with E-state index in [9.17, 15) is 57.6 Å². The molecule has 2 aliphatic heterocycles. The van der Waals surface area contributed by atoms with E-state index in [1.54, 1.807) is 13.8 Å². The molecule has 1 aromatic heterocycles. The lowest BCUT2D eigenvalue weighted by molar-refractivity contribution is -0.192. The highest BCUT2D eigenvalue weighted by molar-refractivity contribution is 8.01. The number of phenols is 2. The lowest BCUT2D eigenvalue weighted by Crippen LogP contribution is -2.71. The van der Waals surface area contributed by atoms with Gasteiger partial charge in [0, 0.05) is 35.1 Å². The van der Waals surface area contributed by atoms with Gasteiger partial charge in [-0.3, -0.25) is 19.3 Å². The molecule has 1 saturated heterocycles. The average Bonchev–Trinajstić information content (AvgIpc) is 3.52. The maximum Gasteiger partial charge on any atom is 0.490 e. The third-order valence-electron chi connectivity index (χ3n) is 7.01. The molecule has 0 aliphatic carbocycles. The van der Waals surface area contributed by atoms with Crippen molar-refractivity contribution in [1.29, 1.82) is 0 Å². The lowest BCUT2D eigenvalue weighted by atomic mass is 10.0. The third-order valence-corrected chi connectivity index (χ3v) is 10.5. The predicted molar refractivity (Wildman–Crippen MR) is 188 cm³/mol. The van der Waals surface area contributed by atoms with E-state index in [4.69, 9.17) is 32.1 Å². The van der Waals surface area contributed by atoms with Gasteiger partial charge in [-0.25, -0.2) is 19.4 Å². The largest absolute Gasteiger partial charge is 0.504 e. The van der Waals surface area contributed by atoms with E-state index in [1.807, 2.05) is 0 Å². The van der Waals surface area contributed by atoms with E-state index in [0.717, 1.165) is 22.3 Å². The van der Waals surface area contributed by atoms with Crippen molar-refractivity contribution in [2.45, 2.75) is 37.5 Å². The van der Waals surface area contributed by atoms with Gasteiger partial charge in [0.1, 0.15) is 22.8 Å². The molecule has 1 fully saturated rings. The molecular weight excluding hydrogens is 813 g/mol. The first-order valence-electron chi connectivity index (χ1n) is 14.9. The first-order chi connectivity index (χ1) is 25.2. The van der Waals surface area contributed by atoms with Crippen molar-refractivity contribution in [2.24, 2.45) is 11.1 Å². The number of alkyl halides is 3. The number of nitrogens with two attached hydrogens (primary N) is 1. The highest BCUT2D eigenvalue weighted by Gasteiger charge is 2.54. The topological polar surface area (TPSA) is 291 Å². The van der Waals surface area contributed by atoms with Crippen LogP contribution in [-0.2, 0) is 28.8 Å². The minimum atomic E-state index is -5.08. The van der Waals surface area contributed by atoms with Crippen LogP contribution in [0, 0.1) is 5.92 Å². The number of aromatic nitrogens is 1. The van der Waals surface area contributed by atoms with E-state index in [2.05, 4.69) is 20.8 Å². The Bertz CT molecular complexity index is 1880. The molecule has 3 atom stereocenters. The monoisotopic (exact) mass is 842 g/mol. The number of fused-ring (bicyclic) bond motifs is 1. The Morgan fingerprint density at radius 2 is 1.83 bits per heavy atom. The number of thiazole rings is 1. The summed E-state index contributed by atoms with van der Waals surface area (Å²) in [4.78, 5) is 81.8. The van der Waals surface area contributed by atoms with Gasteiger partial charge in [-0.1, -0.05) is 30.6 Å². The summed E-state index contributed by atoms with van der Waals surface area (Å²) < 4.78 is 31.7. The standard InChI is InChI=1S/C27H29ClN6O10S3.C2HF3O2/c1-10(2)20(26(42)43)44-33-16(13-9-47-27(29)31-13)22(38)32-17-23(39)34-18(25(40)41)11(8-46-24(17)34)7-45-6-5-30-21(37)12-3-4-14(35)19(36)15(12)28;3-2(4,5)1(6)7/h3-4,9-10,17,20,24,35-36H,5-8H2,1-2H3,(H2,29,31)(H,30,37)(H,32,38)(H,40,41)(H,42,43);(H,6,7)/b33-16-;/t17-,20-,24-;/m1./s1. The fraction of sp³-hybridized carbons (Fsp3) is 0.379. The average molecular weight is 843 g/mol. The summed E-state index contributed by atoms with van der Waals surface area (Å²) in [5, 5.41) is 55.1. The molecule has 4 rings (SSSR count). The number of β-lactam (4-membered cyclic amide) rings is 1. The number of halogens is 4. The number of carboxylic acid groups (broad SMARTS) is 3. The molecule has 2 aromatic rings. The molecule has 0 saturated carbocycles. The molecule has 54 heavy (non-hydrogen) atoms. The highest BCUT2D eigenvalue weighted by atomic mass is 35.5. The zero-order valence-electron chi connectivity index (χ0n) is 27.6. The molecule has 3 heterocycles. The van der Waals surface area contributed by atoms with Gasteiger partial charge < -0.3 is 46.7 Å². The zero-order valence-corrected chi connectivity index (χ0v) is 30.8. The van der Waals surface area contributed by atoms with E-state index < -0.39 is 82.5 Å². The maximum absolute atomic E-state index is 13.3. The van der Waals surface area contributed by atoms with Crippen molar-refractivity contribution in [3.8, 4) is 11.5 Å². The molecule has 25 heteroatoms. The minimum Gasteiger partial charge on any atom is -0.504 e. The Balaban J connectivity index is 0.00000102. The first-order valence-corrected chi connectivity index (χ1v) is 18.4. The second kappa shape index (κ2) is 18.4. The Labute approximate surface area is 319 Å². The molecule has 1 aromatic carbocycles. The number of aliphatic carboxylic acids is 3. The second-order valence-corrected chi connectivity index (χ2v) is 14.6. The van der Waals surface area contributed by atoms with Gasteiger partial charge in [-0.05, 0) is 17.7 Å². The van der Waals surface area contributed by atoms with Crippen LogP contribution >= 0.6 is 46.5 Å². The fourth-order valence-electron chi connectivity index (χ4n) is 4.42. The van der Waals surface area contributed by atoms with Crippen molar-refractivity contribution in [2.75, 3.05) is 29.5 Å². The highest BCUT2D eigenvalue weighted by Crippen LogP contribution is 2.41. The molecule has 0 unspecified atom stereocenters. The van der Waals surface area contributed by atoms with Crippen LogP contribution in [0.2, 0.25) is 5.02 Å². The van der Waals surface area contributed by atoms with Crippen molar-refractivity contribution in [3.63, 3.8) is 0 Å². The Morgan fingerprint density at radius 1 is 1.19 bits per heavy atom. The number of amides is 3. The number of phenolic OH excluding ortho intramolecular Hbond substituents is 2. The van der Waals surface area contributed by atoms with Crippen molar-refractivity contribution < 1.29 is 72.3 Å². The van der Waals surface area contributed by atoms with Crippen LogP contribution in [0.4, 0.5) is 18.3 Å². The summed E-state index contributed by atoms with van der Waals surface area (Å²) in [6.07, 6.45) is -6.45. The molecular formula is C29H30ClF3N6O12S3.